The molecule has 0 saturated carbocycles. The standard InChI is InChI=1S/C21H18ClN3O3/c1-2-7-18-24-20(28-21(26)27)17-12-23-19(13-8-3-5-10-15(13)22)14-9-4-6-11-16(14)25(17)18/h3-6,8-11H,2,7,12H2,1H3,(H,26,27). The molecule has 1 N–H and O–H groups in total. The zero-order valence-electron chi connectivity index (χ0n) is 15.2. The normalized spacial score (nSPS) is 12.6. The number of imidazole rings is 1. The van der Waals surface area contributed by atoms with Gasteiger partial charge in [-0.05, 0) is 18.6 Å². The highest BCUT2D eigenvalue weighted by molar-refractivity contribution is 6.35. The smallest absolute Gasteiger partial charge is 0.449 e. The highest BCUT2D eigenvalue weighted by atomic mass is 35.5. The van der Waals surface area contributed by atoms with Gasteiger partial charge in [0.1, 0.15) is 11.5 Å². The molecule has 7 heteroatoms. The molecular formula is C21H18ClN3O3. The second kappa shape index (κ2) is 7.48. The minimum atomic E-state index is -1.39. The predicted molar refractivity (Wildman–Crippen MR) is 107 cm³/mol. The van der Waals surface area contributed by atoms with Gasteiger partial charge in [-0.1, -0.05) is 54.9 Å². The molecule has 0 amide bonds. The lowest BCUT2D eigenvalue weighted by Crippen LogP contribution is -2.09. The van der Waals surface area contributed by atoms with Crippen LogP contribution in [0.15, 0.2) is 53.5 Å². The molecule has 4 rings (SSSR count). The first kappa shape index (κ1) is 18.3. The Morgan fingerprint density at radius 1 is 1.18 bits per heavy atom. The topological polar surface area (TPSA) is 76.7 Å². The van der Waals surface area contributed by atoms with Crippen LogP contribution in [0, 0.1) is 0 Å². The molecule has 142 valence electrons. The van der Waals surface area contributed by atoms with E-state index < -0.39 is 6.16 Å². The van der Waals surface area contributed by atoms with Gasteiger partial charge >= 0.3 is 6.16 Å². The van der Waals surface area contributed by atoms with Crippen LogP contribution in [0.2, 0.25) is 5.02 Å². The zero-order valence-corrected chi connectivity index (χ0v) is 16.0. The van der Waals surface area contributed by atoms with Crippen molar-refractivity contribution in [3.8, 4) is 11.6 Å². The van der Waals surface area contributed by atoms with Gasteiger partial charge < -0.3 is 9.84 Å². The molecule has 0 atom stereocenters. The molecule has 0 aliphatic carbocycles. The van der Waals surface area contributed by atoms with Gasteiger partial charge in [-0.2, -0.15) is 4.98 Å². The van der Waals surface area contributed by atoms with Gasteiger partial charge in [-0.3, -0.25) is 9.56 Å². The monoisotopic (exact) mass is 395 g/mol. The number of nitrogens with zero attached hydrogens (tertiary/aromatic N) is 3. The van der Waals surface area contributed by atoms with Crippen molar-refractivity contribution in [1.82, 2.24) is 9.55 Å². The predicted octanol–water partition coefficient (Wildman–Crippen LogP) is 4.89. The molecule has 1 aliphatic heterocycles. The summed E-state index contributed by atoms with van der Waals surface area (Å²) >= 11 is 6.44. The number of aliphatic imine (C=N–C) groups is 1. The summed E-state index contributed by atoms with van der Waals surface area (Å²) in [4.78, 5) is 20.4. The van der Waals surface area contributed by atoms with Crippen molar-refractivity contribution in [2.75, 3.05) is 0 Å². The summed E-state index contributed by atoms with van der Waals surface area (Å²) in [5.41, 5.74) is 3.98. The molecule has 1 aromatic heterocycles. The highest BCUT2D eigenvalue weighted by Crippen LogP contribution is 2.33. The van der Waals surface area contributed by atoms with Crippen LogP contribution in [0.3, 0.4) is 0 Å². The van der Waals surface area contributed by atoms with Crippen LogP contribution in [0.5, 0.6) is 5.88 Å². The maximum absolute atomic E-state index is 11.2. The minimum Gasteiger partial charge on any atom is -0.449 e. The third-order valence-corrected chi connectivity index (χ3v) is 4.91. The molecule has 0 radical (unpaired) electrons. The summed E-state index contributed by atoms with van der Waals surface area (Å²) in [5, 5.41) is 9.72. The van der Waals surface area contributed by atoms with Crippen LogP contribution < -0.4 is 4.74 Å². The maximum Gasteiger partial charge on any atom is 0.512 e. The van der Waals surface area contributed by atoms with Gasteiger partial charge in [0.25, 0.3) is 0 Å². The molecule has 0 bridgehead atoms. The number of halogens is 1. The van der Waals surface area contributed by atoms with E-state index in [0.29, 0.717) is 17.1 Å². The Kier molecular flexibility index (Phi) is 4.88. The molecule has 2 heterocycles. The molecule has 28 heavy (non-hydrogen) atoms. The number of rotatable bonds is 4. The van der Waals surface area contributed by atoms with Crippen molar-refractivity contribution in [3.05, 3.63) is 76.2 Å². The molecule has 2 aromatic carbocycles. The average molecular weight is 396 g/mol. The summed E-state index contributed by atoms with van der Waals surface area (Å²) in [6.07, 6.45) is 0.159. The first-order valence-corrected chi connectivity index (χ1v) is 9.38. The fourth-order valence-electron chi connectivity index (χ4n) is 3.45. The van der Waals surface area contributed by atoms with E-state index in [2.05, 4.69) is 4.98 Å². The number of hydrogen-bond acceptors (Lipinski definition) is 4. The molecule has 0 unspecified atom stereocenters. The van der Waals surface area contributed by atoms with Crippen LogP contribution in [-0.4, -0.2) is 26.5 Å². The Morgan fingerprint density at radius 3 is 2.61 bits per heavy atom. The Labute approximate surface area is 167 Å². The number of aryl methyl sites for hydroxylation is 1. The van der Waals surface area contributed by atoms with Crippen molar-refractivity contribution in [2.45, 2.75) is 26.3 Å². The van der Waals surface area contributed by atoms with Crippen LogP contribution in [0.4, 0.5) is 4.79 Å². The highest BCUT2D eigenvalue weighted by Gasteiger charge is 2.27. The molecule has 6 nitrogen and oxygen atoms in total. The lowest BCUT2D eigenvalue weighted by Gasteiger charge is -2.14. The third-order valence-electron chi connectivity index (χ3n) is 4.58. The fourth-order valence-corrected chi connectivity index (χ4v) is 3.68. The summed E-state index contributed by atoms with van der Waals surface area (Å²) in [5.74, 6) is 0.826. The lowest BCUT2D eigenvalue weighted by atomic mass is 10.0. The van der Waals surface area contributed by atoms with Gasteiger partial charge in [-0.25, -0.2) is 4.79 Å². The van der Waals surface area contributed by atoms with Gasteiger partial charge in [0.15, 0.2) is 0 Å². The SMILES string of the molecule is CCCc1nc(OC(=O)O)c2n1-c1ccccc1C(c1ccccc1Cl)=NC2. The number of aromatic nitrogens is 2. The number of hydrogen-bond donors (Lipinski definition) is 1. The van der Waals surface area contributed by atoms with Crippen LogP contribution >= 0.6 is 11.6 Å². The molecule has 0 saturated heterocycles. The van der Waals surface area contributed by atoms with Gasteiger partial charge in [0.2, 0.25) is 5.88 Å². The number of carbonyl (C=O) groups is 1. The van der Waals surface area contributed by atoms with Gasteiger partial charge in [-0.15, -0.1) is 0 Å². The van der Waals surface area contributed by atoms with E-state index in [9.17, 15) is 4.79 Å². The van der Waals surface area contributed by atoms with Gasteiger partial charge in [0, 0.05) is 22.6 Å². The number of fused-ring (bicyclic) bond motifs is 3. The van der Waals surface area contributed by atoms with E-state index in [1.165, 1.54) is 0 Å². The van der Waals surface area contributed by atoms with E-state index >= 15 is 0 Å². The first-order valence-electron chi connectivity index (χ1n) is 9.00. The largest absolute Gasteiger partial charge is 0.512 e. The van der Waals surface area contributed by atoms with E-state index in [1.807, 2.05) is 60.0 Å². The van der Waals surface area contributed by atoms with Crippen LogP contribution in [-0.2, 0) is 13.0 Å². The number of carboxylic acid groups (broad SMARTS) is 1. The van der Waals surface area contributed by atoms with E-state index in [1.54, 1.807) is 0 Å². The van der Waals surface area contributed by atoms with E-state index in [0.717, 1.165) is 34.8 Å². The number of para-hydroxylation sites is 1. The first-order chi connectivity index (χ1) is 13.6. The quantitative estimate of drug-likeness (QED) is 0.638. The van der Waals surface area contributed by atoms with Crippen molar-refractivity contribution in [3.63, 3.8) is 0 Å². The van der Waals surface area contributed by atoms with Crippen molar-refractivity contribution in [1.29, 1.82) is 0 Å². The van der Waals surface area contributed by atoms with Crippen molar-refractivity contribution < 1.29 is 14.6 Å². The van der Waals surface area contributed by atoms with Crippen molar-refractivity contribution >= 4 is 23.5 Å². The average Bonchev–Trinajstić information content (AvgIpc) is 2.90. The minimum absolute atomic E-state index is 0.0786. The summed E-state index contributed by atoms with van der Waals surface area (Å²) in [7, 11) is 0. The molecule has 0 spiro atoms. The molecule has 0 fully saturated rings. The van der Waals surface area contributed by atoms with Gasteiger partial charge in [0.05, 0.1) is 17.9 Å². The second-order valence-corrected chi connectivity index (χ2v) is 6.80. The molecular weight excluding hydrogens is 378 g/mol. The second-order valence-electron chi connectivity index (χ2n) is 6.40. The Morgan fingerprint density at radius 2 is 1.89 bits per heavy atom. The van der Waals surface area contributed by atoms with Crippen LogP contribution in [0.25, 0.3) is 5.69 Å². The Hall–Kier alpha value is -3.12. The zero-order chi connectivity index (χ0) is 19.7. The number of benzene rings is 2. The fraction of sp³-hybridized carbons (Fsp3) is 0.190. The lowest BCUT2D eigenvalue weighted by molar-refractivity contribution is 0.142. The Bertz CT molecular complexity index is 1090. The van der Waals surface area contributed by atoms with Crippen LogP contribution in [0.1, 0.15) is 36.0 Å². The third kappa shape index (κ3) is 3.16. The van der Waals surface area contributed by atoms with E-state index in [-0.39, 0.29) is 12.4 Å². The Balaban J connectivity index is 1.97. The van der Waals surface area contributed by atoms with E-state index in [4.69, 9.17) is 26.4 Å². The van der Waals surface area contributed by atoms with Crippen molar-refractivity contribution in [2.24, 2.45) is 4.99 Å². The maximum atomic E-state index is 11.2. The summed E-state index contributed by atoms with van der Waals surface area (Å²) in [6, 6.07) is 15.4. The number of ether oxygens (including phenoxy) is 1. The molecule has 3 aromatic rings. The summed E-state index contributed by atoms with van der Waals surface area (Å²) in [6.45, 7) is 2.28. The molecule has 1 aliphatic rings. The summed E-state index contributed by atoms with van der Waals surface area (Å²) < 4.78 is 6.93.